The predicted octanol–water partition coefficient (Wildman–Crippen LogP) is 1.28. The molecular formula is C12H16N2O3S. The molecule has 0 radical (unpaired) electrons. The Morgan fingerprint density at radius 3 is 2.67 bits per heavy atom. The van der Waals surface area contributed by atoms with Crippen molar-refractivity contribution in [3.8, 4) is 11.5 Å². The monoisotopic (exact) mass is 268 g/mol. The van der Waals surface area contributed by atoms with Gasteiger partial charge in [0.05, 0.1) is 10.6 Å². The van der Waals surface area contributed by atoms with E-state index in [0.29, 0.717) is 18.0 Å². The zero-order valence-electron chi connectivity index (χ0n) is 9.85. The molecule has 0 atom stereocenters. The van der Waals surface area contributed by atoms with E-state index in [0.717, 1.165) is 18.9 Å². The summed E-state index contributed by atoms with van der Waals surface area (Å²) in [6.07, 6.45) is 2.24. The summed E-state index contributed by atoms with van der Waals surface area (Å²) in [5.41, 5.74) is 5.49. The molecule has 0 aromatic heterocycles. The summed E-state index contributed by atoms with van der Waals surface area (Å²) in [6.45, 7) is 0.488. The van der Waals surface area contributed by atoms with Gasteiger partial charge in [0.15, 0.2) is 0 Å². The van der Waals surface area contributed by atoms with Crippen LogP contribution in [0.3, 0.4) is 0 Å². The Labute approximate surface area is 111 Å². The molecule has 1 rings (SSSR count). The van der Waals surface area contributed by atoms with Crippen LogP contribution in [0.1, 0.15) is 29.6 Å². The lowest BCUT2D eigenvalue weighted by Crippen LogP contribution is -2.24. The van der Waals surface area contributed by atoms with E-state index in [4.69, 9.17) is 23.1 Å². The maximum absolute atomic E-state index is 11.7. The molecule has 6 heteroatoms. The van der Waals surface area contributed by atoms with Crippen LogP contribution in [0.5, 0.6) is 11.5 Å². The quantitative estimate of drug-likeness (QED) is 0.460. The SMILES string of the molecule is NC(=S)CCCCNC(=O)c1ccc(O)cc1O. The number of amides is 1. The molecule has 5 N–H and O–H groups in total. The molecule has 18 heavy (non-hydrogen) atoms. The topological polar surface area (TPSA) is 95.6 Å². The van der Waals surface area contributed by atoms with E-state index in [1.165, 1.54) is 12.1 Å². The van der Waals surface area contributed by atoms with Crippen LogP contribution in [-0.2, 0) is 0 Å². The molecule has 1 aromatic carbocycles. The van der Waals surface area contributed by atoms with Crippen LogP contribution in [0.4, 0.5) is 0 Å². The second-order valence-corrected chi connectivity index (χ2v) is 4.41. The van der Waals surface area contributed by atoms with Crippen molar-refractivity contribution >= 4 is 23.1 Å². The van der Waals surface area contributed by atoms with Gasteiger partial charge in [-0.15, -0.1) is 0 Å². The van der Waals surface area contributed by atoms with Crippen molar-refractivity contribution < 1.29 is 15.0 Å². The summed E-state index contributed by atoms with van der Waals surface area (Å²) in [4.78, 5) is 12.1. The van der Waals surface area contributed by atoms with E-state index in [1.807, 2.05) is 0 Å². The van der Waals surface area contributed by atoms with Crippen molar-refractivity contribution in [3.05, 3.63) is 23.8 Å². The van der Waals surface area contributed by atoms with Crippen LogP contribution in [0, 0.1) is 0 Å². The van der Waals surface area contributed by atoms with Crippen LogP contribution in [0.25, 0.3) is 0 Å². The second-order valence-electron chi connectivity index (χ2n) is 3.88. The van der Waals surface area contributed by atoms with Gasteiger partial charge in [0.1, 0.15) is 11.5 Å². The van der Waals surface area contributed by atoms with E-state index in [1.54, 1.807) is 0 Å². The number of carbonyl (C=O) groups excluding carboxylic acids is 1. The molecule has 0 fully saturated rings. The molecule has 1 amide bonds. The highest BCUT2D eigenvalue weighted by Crippen LogP contribution is 2.22. The molecule has 0 saturated heterocycles. The van der Waals surface area contributed by atoms with Gasteiger partial charge in [-0.3, -0.25) is 4.79 Å². The molecule has 0 unspecified atom stereocenters. The highest BCUT2D eigenvalue weighted by atomic mass is 32.1. The van der Waals surface area contributed by atoms with Crippen LogP contribution >= 0.6 is 12.2 Å². The molecule has 0 aliphatic heterocycles. The molecule has 0 spiro atoms. The number of aromatic hydroxyl groups is 2. The fourth-order valence-corrected chi connectivity index (χ4v) is 1.58. The summed E-state index contributed by atoms with van der Waals surface area (Å²) >= 11 is 4.74. The molecule has 98 valence electrons. The molecule has 0 heterocycles. The Morgan fingerprint density at radius 1 is 1.33 bits per heavy atom. The van der Waals surface area contributed by atoms with Gasteiger partial charge in [0, 0.05) is 12.6 Å². The first-order valence-corrected chi connectivity index (χ1v) is 6.00. The summed E-state index contributed by atoms with van der Waals surface area (Å²) < 4.78 is 0. The summed E-state index contributed by atoms with van der Waals surface area (Å²) in [5, 5.41) is 21.3. The van der Waals surface area contributed by atoms with E-state index in [-0.39, 0.29) is 23.0 Å². The van der Waals surface area contributed by atoms with Gasteiger partial charge >= 0.3 is 0 Å². The number of carbonyl (C=O) groups is 1. The largest absolute Gasteiger partial charge is 0.508 e. The van der Waals surface area contributed by atoms with Crippen LogP contribution in [0.2, 0.25) is 0 Å². The van der Waals surface area contributed by atoms with Crippen molar-refractivity contribution in [1.29, 1.82) is 0 Å². The summed E-state index contributed by atoms with van der Waals surface area (Å²) in [6, 6.07) is 3.85. The average Bonchev–Trinajstić information content (AvgIpc) is 2.27. The van der Waals surface area contributed by atoms with Gasteiger partial charge in [-0.05, 0) is 31.4 Å². The minimum atomic E-state index is -0.372. The first kappa shape index (κ1) is 14.2. The van der Waals surface area contributed by atoms with Crippen molar-refractivity contribution in [3.63, 3.8) is 0 Å². The molecule has 0 aliphatic carbocycles. The fourth-order valence-electron chi connectivity index (χ4n) is 1.43. The molecular weight excluding hydrogens is 252 g/mol. The van der Waals surface area contributed by atoms with E-state index in [9.17, 15) is 9.90 Å². The van der Waals surface area contributed by atoms with Crippen molar-refractivity contribution in [2.45, 2.75) is 19.3 Å². The number of hydrogen-bond acceptors (Lipinski definition) is 4. The number of nitrogens with two attached hydrogens (primary N) is 1. The number of unbranched alkanes of at least 4 members (excludes halogenated alkanes) is 1. The normalized spacial score (nSPS) is 10.0. The number of benzene rings is 1. The standard InChI is InChI=1S/C12H16N2O3S/c13-11(18)3-1-2-6-14-12(17)9-5-4-8(15)7-10(9)16/h4-5,7,15-16H,1-3,6H2,(H2,13,18)(H,14,17). The number of hydrogen-bond donors (Lipinski definition) is 4. The van der Waals surface area contributed by atoms with E-state index >= 15 is 0 Å². The highest BCUT2D eigenvalue weighted by molar-refractivity contribution is 7.80. The molecule has 0 bridgehead atoms. The fraction of sp³-hybridized carbons (Fsp3) is 0.333. The number of phenolic OH excluding ortho intramolecular Hbond substituents is 2. The first-order chi connectivity index (χ1) is 8.50. The number of nitrogens with one attached hydrogen (secondary N) is 1. The van der Waals surface area contributed by atoms with Crippen LogP contribution in [-0.4, -0.2) is 27.7 Å². The van der Waals surface area contributed by atoms with Gasteiger partial charge in [0.25, 0.3) is 5.91 Å². The van der Waals surface area contributed by atoms with Crippen molar-refractivity contribution in [1.82, 2.24) is 5.32 Å². The van der Waals surface area contributed by atoms with Gasteiger partial charge in [0.2, 0.25) is 0 Å². The van der Waals surface area contributed by atoms with E-state index in [2.05, 4.69) is 5.32 Å². The van der Waals surface area contributed by atoms with Gasteiger partial charge in [-0.2, -0.15) is 0 Å². The molecule has 5 nitrogen and oxygen atoms in total. The molecule has 1 aromatic rings. The smallest absolute Gasteiger partial charge is 0.255 e. The molecule has 0 saturated carbocycles. The number of rotatable bonds is 6. The summed E-state index contributed by atoms with van der Waals surface area (Å²) in [7, 11) is 0. The number of thiocarbonyl (C=S) groups is 1. The minimum Gasteiger partial charge on any atom is -0.508 e. The third-order valence-corrected chi connectivity index (χ3v) is 2.57. The Morgan fingerprint density at radius 2 is 2.06 bits per heavy atom. The Kier molecular flexibility index (Phi) is 5.38. The lowest BCUT2D eigenvalue weighted by molar-refractivity contribution is 0.0950. The maximum atomic E-state index is 11.7. The van der Waals surface area contributed by atoms with Gasteiger partial charge in [-0.1, -0.05) is 12.2 Å². The second kappa shape index (κ2) is 6.80. The maximum Gasteiger partial charge on any atom is 0.255 e. The first-order valence-electron chi connectivity index (χ1n) is 5.59. The lowest BCUT2D eigenvalue weighted by Gasteiger charge is -2.06. The zero-order valence-corrected chi connectivity index (χ0v) is 10.7. The van der Waals surface area contributed by atoms with Crippen molar-refractivity contribution in [2.75, 3.05) is 6.54 Å². The van der Waals surface area contributed by atoms with Crippen LogP contribution < -0.4 is 11.1 Å². The Bertz CT molecular complexity index is 449. The van der Waals surface area contributed by atoms with Crippen LogP contribution in [0.15, 0.2) is 18.2 Å². The highest BCUT2D eigenvalue weighted by Gasteiger charge is 2.10. The lowest BCUT2D eigenvalue weighted by atomic mass is 10.1. The Hall–Kier alpha value is -1.82. The predicted molar refractivity (Wildman–Crippen MR) is 72.7 cm³/mol. The number of phenols is 2. The average molecular weight is 268 g/mol. The third kappa shape index (κ3) is 4.58. The van der Waals surface area contributed by atoms with Crippen molar-refractivity contribution in [2.24, 2.45) is 5.73 Å². The zero-order chi connectivity index (χ0) is 13.5. The third-order valence-electron chi connectivity index (χ3n) is 2.36. The minimum absolute atomic E-state index is 0.0829. The van der Waals surface area contributed by atoms with E-state index < -0.39 is 0 Å². The summed E-state index contributed by atoms with van der Waals surface area (Å²) in [5.74, 6) is -0.695. The van der Waals surface area contributed by atoms with Gasteiger partial charge < -0.3 is 21.3 Å². The Balaban J connectivity index is 2.39. The molecule has 0 aliphatic rings. The van der Waals surface area contributed by atoms with Gasteiger partial charge in [-0.25, -0.2) is 0 Å².